The molecular weight excluding hydrogens is 304 g/mol. The maximum absolute atomic E-state index is 12.1. The smallest absolute Gasteiger partial charge is 0.326 e. The molecule has 0 bridgehead atoms. The van der Waals surface area contributed by atoms with Crippen molar-refractivity contribution in [1.29, 1.82) is 0 Å². The van der Waals surface area contributed by atoms with Crippen LogP contribution in [0.2, 0.25) is 0 Å². The average molecular weight is 315 g/mol. The maximum atomic E-state index is 12.1. The molecule has 1 atom stereocenters. The van der Waals surface area contributed by atoms with Crippen molar-refractivity contribution >= 4 is 27.8 Å². The Balaban J connectivity index is 2.28. The first-order chi connectivity index (χ1) is 8.50. The van der Waals surface area contributed by atoms with Crippen LogP contribution in [0.4, 0.5) is 0 Å². The van der Waals surface area contributed by atoms with Gasteiger partial charge in [-0.3, -0.25) is 9.59 Å². The molecule has 0 radical (unpaired) electrons. The Bertz CT molecular complexity index is 554. The largest absolute Gasteiger partial charge is 0.480 e. The molecule has 0 aromatic carbocycles. The van der Waals surface area contributed by atoms with Crippen molar-refractivity contribution in [3.63, 3.8) is 0 Å². The molecule has 2 rings (SSSR count). The summed E-state index contributed by atoms with van der Waals surface area (Å²) in [5.74, 6) is -1.37. The van der Waals surface area contributed by atoms with Gasteiger partial charge in [0.05, 0.1) is 10.0 Å². The highest BCUT2D eigenvalue weighted by molar-refractivity contribution is 9.10. The molecule has 0 saturated carbocycles. The van der Waals surface area contributed by atoms with Gasteiger partial charge in [0.1, 0.15) is 6.04 Å². The second-order valence-electron chi connectivity index (χ2n) is 4.06. The molecule has 0 aliphatic carbocycles. The number of hydrogen-bond donors (Lipinski definition) is 2. The van der Waals surface area contributed by atoms with E-state index in [1.807, 2.05) is 0 Å². The predicted octanol–water partition coefficient (Wildman–Crippen LogP) is 0.827. The van der Waals surface area contributed by atoms with Crippen molar-refractivity contribution in [2.45, 2.75) is 18.9 Å². The van der Waals surface area contributed by atoms with E-state index in [9.17, 15) is 14.4 Å². The fourth-order valence-electron chi connectivity index (χ4n) is 2.01. The lowest BCUT2D eigenvalue weighted by Gasteiger charge is -2.21. The van der Waals surface area contributed by atoms with Crippen LogP contribution in [0.25, 0.3) is 0 Å². The number of aliphatic carboxylic acids is 1. The van der Waals surface area contributed by atoms with Crippen LogP contribution < -0.4 is 5.56 Å². The molecule has 1 amide bonds. The summed E-state index contributed by atoms with van der Waals surface area (Å²) in [4.78, 5) is 38.1. The van der Waals surface area contributed by atoms with Crippen molar-refractivity contribution < 1.29 is 14.7 Å². The first kappa shape index (κ1) is 12.8. The Labute approximate surface area is 111 Å². The number of pyridine rings is 1. The van der Waals surface area contributed by atoms with E-state index >= 15 is 0 Å². The number of carboxylic acid groups (broad SMARTS) is 1. The molecule has 0 spiro atoms. The van der Waals surface area contributed by atoms with Gasteiger partial charge in [-0.1, -0.05) is 0 Å². The molecule has 96 valence electrons. The average Bonchev–Trinajstić information content (AvgIpc) is 2.81. The van der Waals surface area contributed by atoms with Gasteiger partial charge < -0.3 is 15.0 Å². The van der Waals surface area contributed by atoms with E-state index in [1.165, 1.54) is 17.2 Å². The van der Waals surface area contributed by atoms with Crippen LogP contribution in [0, 0.1) is 0 Å². The summed E-state index contributed by atoms with van der Waals surface area (Å²) in [6, 6.07) is 0.626. The lowest BCUT2D eigenvalue weighted by molar-refractivity contribution is -0.141. The fraction of sp³-hybridized carbons (Fsp3) is 0.364. The zero-order valence-electron chi connectivity index (χ0n) is 9.35. The predicted molar refractivity (Wildman–Crippen MR) is 66.5 cm³/mol. The first-order valence-electron chi connectivity index (χ1n) is 5.42. The summed E-state index contributed by atoms with van der Waals surface area (Å²) in [5, 5.41) is 9.02. The molecule has 1 aliphatic heterocycles. The first-order valence-corrected chi connectivity index (χ1v) is 6.22. The van der Waals surface area contributed by atoms with E-state index in [4.69, 9.17) is 5.11 Å². The van der Waals surface area contributed by atoms with Gasteiger partial charge in [-0.05, 0) is 34.8 Å². The number of carboxylic acids is 1. The Morgan fingerprint density at radius 1 is 1.50 bits per heavy atom. The van der Waals surface area contributed by atoms with E-state index in [0.717, 1.165) is 0 Å². The van der Waals surface area contributed by atoms with Crippen molar-refractivity contribution in [2.75, 3.05) is 6.54 Å². The molecule has 6 nitrogen and oxygen atoms in total. The van der Waals surface area contributed by atoms with E-state index in [1.54, 1.807) is 0 Å². The Morgan fingerprint density at radius 2 is 2.22 bits per heavy atom. The van der Waals surface area contributed by atoms with Crippen LogP contribution in [0.15, 0.2) is 21.5 Å². The van der Waals surface area contributed by atoms with Crippen LogP contribution in [-0.2, 0) is 4.79 Å². The van der Waals surface area contributed by atoms with Gasteiger partial charge in [0, 0.05) is 12.7 Å². The number of halogens is 1. The summed E-state index contributed by atoms with van der Waals surface area (Å²) in [7, 11) is 0. The number of rotatable bonds is 2. The number of likely N-dealkylation sites (tertiary alicyclic amines) is 1. The number of aromatic amines is 1. The monoisotopic (exact) mass is 314 g/mol. The van der Waals surface area contributed by atoms with Crippen LogP contribution in [0.5, 0.6) is 0 Å². The number of carbonyl (C=O) groups excluding carboxylic acids is 1. The molecule has 2 heterocycles. The third-order valence-corrected chi connectivity index (χ3v) is 3.49. The highest BCUT2D eigenvalue weighted by Crippen LogP contribution is 2.20. The van der Waals surface area contributed by atoms with Gasteiger partial charge in [-0.2, -0.15) is 0 Å². The molecule has 1 fully saturated rings. The van der Waals surface area contributed by atoms with E-state index in [-0.39, 0.29) is 21.5 Å². The molecule has 18 heavy (non-hydrogen) atoms. The summed E-state index contributed by atoms with van der Waals surface area (Å²) in [6.45, 7) is 0.423. The number of aromatic nitrogens is 1. The third-order valence-electron chi connectivity index (χ3n) is 2.90. The highest BCUT2D eigenvalue weighted by Gasteiger charge is 2.34. The Morgan fingerprint density at radius 3 is 2.83 bits per heavy atom. The van der Waals surface area contributed by atoms with E-state index in [0.29, 0.717) is 19.4 Å². The number of H-pyrrole nitrogens is 1. The van der Waals surface area contributed by atoms with Crippen molar-refractivity contribution in [3.05, 3.63) is 32.7 Å². The molecule has 2 N–H and O–H groups in total. The number of amides is 1. The number of nitrogens with zero attached hydrogens (tertiary/aromatic N) is 1. The molecule has 1 aromatic rings. The quantitative estimate of drug-likeness (QED) is 0.846. The van der Waals surface area contributed by atoms with Crippen molar-refractivity contribution in [3.8, 4) is 0 Å². The van der Waals surface area contributed by atoms with Crippen LogP contribution in [0.1, 0.15) is 23.2 Å². The minimum atomic E-state index is -0.996. The SMILES string of the molecule is O=C(O)[C@H]1CCCN1C(=O)c1c[nH]c(=O)c(Br)c1. The third kappa shape index (κ3) is 2.31. The molecule has 1 saturated heterocycles. The molecule has 1 aliphatic rings. The zero-order valence-corrected chi connectivity index (χ0v) is 10.9. The summed E-state index contributed by atoms with van der Waals surface area (Å²) in [6.07, 6.45) is 2.44. The topological polar surface area (TPSA) is 90.5 Å². The van der Waals surface area contributed by atoms with Crippen molar-refractivity contribution in [1.82, 2.24) is 9.88 Å². The Kier molecular flexibility index (Phi) is 3.51. The van der Waals surface area contributed by atoms with Gasteiger partial charge in [-0.25, -0.2) is 4.79 Å². The van der Waals surface area contributed by atoms with Gasteiger partial charge in [0.2, 0.25) is 0 Å². The van der Waals surface area contributed by atoms with Crippen LogP contribution in [0.3, 0.4) is 0 Å². The summed E-state index contributed by atoms with van der Waals surface area (Å²) < 4.78 is 0.249. The second kappa shape index (κ2) is 4.93. The van der Waals surface area contributed by atoms with Crippen LogP contribution in [-0.4, -0.2) is 39.5 Å². The van der Waals surface area contributed by atoms with Gasteiger partial charge in [0.15, 0.2) is 0 Å². The number of hydrogen-bond acceptors (Lipinski definition) is 3. The van der Waals surface area contributed by atoms with Gasteiger partial charge in [-0.15, -0.1) is 0 Å². The standard InChI is InChI=1S/C11H11BrN2O4/c12-7-4-6(5-13-9(7)15)10(16)14-3-1-2-8(14)11(17)18/h4-5,8H,1-3H2,(H,13,15)(H,17,18)/t8-/m1/s1. The number of nitrogens with one attached hydrogen (secondary N) is 1. The summed E-state index contributed by atoms with van der Waals surface area (Å²) >= 11 is 3.04. The molecule has 0 unspecified atom stereocenters. The number of carbonyl (C=O) groups is 2. The lowest BCUT2D eigenvalue weighted by Crippen LogP contribution is -2.40. The Hall–Kier alpha value is -1.63. The highest BCUT2D eigenvalue weighted by atomic mass is 79.9. The minimum absolute atomic E-state index is 0.249. The molecule has 7 heteroatoms. The van der Waals surface area contributed by atoms with Gasteiger partial charge >= 0.3 is 5.97 Å². The summed E-state index contributed by atoms with van der Waals surface area (Å²) in [5.41, 5.74) is -0.0580. The zero-order chi connectivity index (χ0) is 13.3. The normalized spacial score (nSPS) is 18.9. The van der Waals surface area contributed by atoms with Crippen molar-refractivity contribution in [2.24, 2.45) is 0 Å². The minimum Gasteiger partial charge on any atom is -0.480 e. The van der Waals surface area contributed by atoms with E-state index in [2.05, 4.69) is 20.9 Å². The molecular formula is C11H11BrN2O4. The van der Waals surface area contributed by atoms with Crippen LogP contribution >= 0.6 is 15.9 Å². The van der Waals surface area contributed by atoms with Gasteiger partial charge in [0.25, 0.3) is 11.5 Å². The lowest BCUT2D eigenvalue weighted by atomic mass is 10.2. The van der Waals surface area contributed by atoms with E-state index < -0.39 is 12.0 Å². The maximum Gasteiger partial charge on any atom is 0.326 e. The second-order valence-corrected chi connectivity index (χ2v) is 4.91. The molecule has 1 aromatic heterocycles. The fourth-order valence-corrected chi connectivity index (χ4v) is 2.37.